The average Bonchev–Trinajstić information content (AvgIpc) is 1.58. The van der Waals surface area contributed by atoms with E-state index < -0.39 is 235 Å². The van der Waals surface area contributed by atoms with Crippen LogP contribution < -0.4 is 119 Å². The van der Waals surface area contributed by atoms with E-state index in [0.29, 0.717) is 49.6 Å². The van der Waals surface area contributed by atoms with Crippen LogP contribution >= 0.6 is 0 Å². The standard InChI is InChI=1S/C28H54N8O9.C26H47N9O9.C26H49N9O9/c1-28(41)13-42-26(21(40)24(28)34-2)44-22-14(11-19(38)18(37)6-9-36-27(32)33)10-16(31)23(20(22)39)45-25-17(35-8-3-7-29)5-4-15(12-30)43-25;1-25(39)9-41-22(17(38)20(25)33-2)43-18-10(6-15(36)26(40)7-14(26)35-24(31)32)5-12(28)19(16(18)37)44-21-13(34-23(29)30)4-3-11(8-27)42-21;1-26(40)10-41-23(18(39)21(26)33-2)43-19-11(8-16(37)15(36)5-6-34-24(29)30)7-13(28)20(17(19)38)44-22-14(35-25(31)32)4-3-12(9-27)42-22/h4,14,16-18,20-26,34-35,37,39-41H,3,5-13,29-31H2,1-2H3,(H4,32,33,36);3,10,12-14,16-22,33,37-40H,4-9,27-28H2,1-2H3,(H4,29,30,34)(H4,31,32,35);3,11,13-15,17-23,33,36,38-40H,4-10,27-28H2,1-2H3,(H4,29,30,34)(H4,31,32,35)/t14-,16-,17+,18-,20+,21+,22-,23?,24+,25+,26+,28-;10-,12-,13+,14?,16+,17+,18-,19?,20+,21+,22+,25-,26?;11-,13-,14+,15-,17+,18+,19-,20?,21+,22+,23+,26-/m000/s1. The summed E-state index contributed by atoms with van der Waals surface area (Å²) in [4.78, 5) is 59.2. The lowest BCUT2D eigenvalue weighted by atomic mass is 9.76. The number of aliphatic imine (C=N–C) groups is 5. The van der Waals surface area contributed by atoms with Crippen LogP contribution in [0.1, 0.15) is 104 Å². The normalized spacial score (nSPS) is 39.9. The van der Waals surface area contributed by atoms with Gasteiger partial charge < -0.3 is 237 Å². The summed E-state index contributed by atoms with van der Waals surface area (Å²) in [6.07, 6.45) is -17.9. The fourth-order valence-corrected chi connectivity index (χ4v) is 18.2. The zero-order chi connectivity index (χ0) is 98.6. The molecule has 53 nitrogen and oxygen atoms in total. The Bertz CT molecular complexity index is 3960. The van der Waals surface area contributed by atoms with Crippen molar-refractivity contribution >= 4 is 47.1 Å². The summed E-state index contributed by atoms with van der Waals surface area (Å²) in [5, 5.41) is 144. The highest BCUT2D eigenvalue weighted by Gasteiger charge is 2.62. The molecule has 53 heteroatoms. The van der Waals surface area contributed by atoms with Crippen molar-refractivity contribution in [2.45, 2.75) is 310 Å². The third-order valence-corrected chi connectivity index (χ3v) is 25.3. The lowest BCUT2D eigenvalue weighted by Gasteiger charge is -2.49. The molecule has 0 aromatic rings. The van der Waals surface area contributed by atoms with Crippen molar-refractivity contribution < 1.29 is 133 Å². The minimum Gasteiger partial charge on any atom is -0.467 e. The van der Waals surface area contributed by atoms with Gasteiger partial charge in [-0.25, -0.2) is 15.0 Å². The largest absolute Gasteiger partial charge is 0.467 e. The van der Waals surface area contributed by atoms with Crippen LogP contribution in [0.25, 0.3) is 0 Å². The molecule has 10 rings (SSSR count). The van der Waals surface area contributed by atoms with Gasteiger partial charge in [-0.3, -0.25) is 24.4 Å². The molecule has 10 aliphatic rings. The molecule has 6 heterocycles. The minimum absolute atomic E-state index is 0.00669. The molecule has 6 aliphatic heterocycles. The molecule has 0 aromatic heterocycles. The Morgan fingerprint density at radius 1 is 0.451 bits per heavy atom. The Hall–Kier alpha value is -7.30. The van der Waals surface area contributed by atoms with E-state index in [-0.39, 0.29) is 146 Å². The van der Waals surface area contributed by atoms with E-state index in [1.54, 1.807) is 33.3 Å². The Balaban J connectivity index is 0.000000246. The van der Waals surface area contributed by atoms with Gasteiger partial charge in [-0.2, -0.15) is 0 Å². The maximum atomic E-state index is 13.3. The first-order chi connectivity index (χ1) is 62.6. The van der Waals surface area contributed by atoms with Gasteiger partial charge in [0.2, 0.25) is 18.9 Å². The number of carbonyl (C=O) groups excluding carboxylic acids is 3. The fourth-order valence-electron chi connectivity index (χ4n) is 18.2. The van der Waals surface area contributed by atoms with Crippen LogP contribution in [-0.2, 0) is 71.2 Å². The molecule has 133 heavy (non-hydrogen) atoms. The third kappa shape index (κ3) is 29.6. The Morgan fingerprint density at radius 2 is 0.774 bits per heavy atom. The molecule has 4 aliphatic carbocycles. The predicted octanol–water partition coefficient (Wildman–Crippen LogP) is -15.4. The Kier molecular flexibility index (Phi) is 41.6. The van der Waals surface area contributed by atoms with E-state index in [0.717, 1.165) is 6.42 Å². The molecule has 4 saturated carbocycles. The molecular formula is C80H150N26O27. The van der Waals surface area contributed by atoms with E-state index in [9.17, 15) is 75.7 Å². The predicted molar refractivity (Wildman–Crippen MR) is 478 cm³/mol. The van der Waals surface area contributed by atoms with Gasteiger partial charge in [-0.05, 0) is 136 Å². The van der Waals surface area contributed by atoms with E-state index in [1.807, 2.05) is 6.08 Å². The quantitative estimate of drug-likeness (QED) is 0.0154. The molecule has 50 N–H and O–H groups in total. The van der Waals surface area contributed by atoms with E-state index in [4.69, 9.17) is 154 Å². The number of guanidine groups is 5. The highest BCUT2D eigenvalue weighted by molar-refractivity contribution is 5.92. The third-order valence-electron chi connectivity index (χ3n) is 25.3. The molecular weight excluding hydrogens is 1760 g/mol. The van der Waals surface area contributed by atoms with E-state index in [2.05, 4.69) is 46.2 Å². The summed E-state index contributed by atoms with van der Waals surface area (Å²) in [7, 11) is 4.71. The number of ketones is 3. The van der Waals surface area contributed by atoms with Gasteiger partial charge in [0.25, 0.3) is 0 Å². The molecule has 0 bridgehead atoms. The number of ether oxygens (including phenoxy) is 12. The smallest absolute Gasteiger partial charge is 0.222 e. The summed E-state index contributed by atoms with van der Waals surface area (Å²) in [5.74, 6) is -3.40. The van der Waals surface area contributed by atoms with Gasteiger partial charge in [-0.1, -0.05) is 0 Å². The molecule has 0 amide bonds. The zero-order valence-electron chi connectivity index (χ0n) is 76.1. The van der Waals surface area contributed by atoms with Gasteiger partial charge >= 0.3 is 0 Å². The number of hydrogen-bond acceptors (Lipinski definition) is 43. The van der Waals surface area contributed by atoms with Crippen molar-refractivity contribution in [3.8, 4) is 0 Å². The molecule has 0 spiro atoms. The maximum Gasteiger partial charge on any atom is 0.222 e. The maximum absolute atomic E-state index is 13.3. The van der Waals surface area contributed by atoms with Crippen molar-refractivity contribution in [1.29, 1.82) is 0 Å². The number of nitrogens with zero attached hydrogens (tertiary/aromatic N) is 5. The van der Waals surface area contributed by atoms with Crippen LogP contribution in [-0.4, -0.2) is 401 Å². The number of aliphatic hydroxyl groups excluding tert-OH is 8. The molecule has 3 saturated heterocycles. The van der Waals surface area contributed by atoms with Crippen molar-refractivity contribution in [2.24, 2.45) is 140 Å². The molecule has 0 aromatic carbocycles. The average molecular weight is 1910 g/mol. The summed E-state index contributed by atoms with van der Waals surface area (Å²) in [6.45, 7) is 5.47. The first-order valence-electron chi connectivity index (χ1n) is 44.6. The van der Waals surface area contributed by atoms with Crippen molar-refractivity contribution in [3.05, 3.63) is 35.5 Å². The number of Topliss-reactive ketones (excluding diaryl/α,β-unsaturated/α-hetero) is 3. The second-order valence-corrected chi connectivity index (χ2v) is 36.1. The van der Waals surface area contributed by atoms with Gasteiger partial charge in [0.15, 0.2) is 66.0 Å². The lowest BCUT2D eigenvalue weighted by Crippen LogP contribution is -2.67. The Morgan fingerprint density at radius 3 is 1.10 bits per heavy atom. The van der Waals surface area contributed by atoms with E-state index >= 15 is 0 Å². The first-order valence-corrected chi connectivity index (χ1v) is 44.6. The van der Waals surface area contributed by atoms with E-state index in [1.165, 1.54) is 20.8 Å². The molecule has 5 unspecified atom stereocenters. The summed E-state index contributed by atoms with van der Waals surface area (Å²) in [6, 6.07) is -7.37. The molecule has 762 valence electrons. The summed E-state index contributed by atoms with van der Waals surface area (Å²) >= 11 is 0. The Labute approximate surface area is 770 Å². The van der Waals surface area contributed by atoms with Gasteiger partial charge in [-0.15, -0.1) is 0 Å². The van der Waals surface area contributed by atoms with Crippen molar-refractivity contribution in [1.82, 2.24) is 21.3 Å². The molecule has 0 radical (unpaired) electrons. The van der Waals surface area contributed by atoms with Crippen LogP contribution in [0.3, 0.4) is 0 Å². The zero-order valence-corrected chi connectivity index (χ0v) is 76.1. The number of likely N-dealkylation sites (N-methyl/N-ethyl adjacent to an activating group) is 3. The van der Waals surface area contributed by atoms with Crippen molar-refractivity contribution in [3.63, 3.8) is 0 Å². The van der Waals surface area contributed by atoms with Gasteiger partial charge in [0.1, 0.15) is 119 Å². The number of hydrogen-bond donors (Lipinski definition) is 33. The number of carbonyl (C=O) groups is 3. The monoisotopic (exact) mass is 1910 g/mol. The fraction of sp³-hybridized carbons (Fsp3) is 0.825. The highest BCUT2D eigenvalue weighted by Crippen LogP contribution is 2.46. The van der Waals surface area contributed by atoms with Gasteiger partial charge in [0.05, 0.1) is 88.0 Å². The topological polar surface area (TPSA) is 957 Å². The minimum atomic E-state index is -1.78. The van der Waals surface area contributed by atoms with Crippen LogP contribution in [0.2, 0.25) is 0 Å². The van der Waals surface area contributed by atoms with Crippen LogP contribution in [0.4, 0.5) is 0 Å². The lowest BCUT2D eigenvalue weighted by molar-refractivity contribution is -0.308. The SMILES string of the molecule is CN[C@@H]1[C@@H](O)[C@@H](O[C@H]2[C@H](CC(=O)C3(O)CC3N=C(N)N)C[C@H](N)C(O[C@H]3OC(CN)=CC[C@H]3N=C(N)N)[C@@H]2O)OC[C@]1(C)O.CN[C@@H]1[C@@H](O)[C@@H](O[C@H]2[C@H](CC(=O)[C@@H](O)CCN=C(N)N)C[C@H](N)C(O[C@H]3OC(CN)=CC[C@H]3N=C(N)N)[C@@H]2O)OC[C@]1(C)O.CN[C@@H]1[C@@H](O)[C@@H](O[C@H]2[C@H](CC(=O)[C@@H](O)CCN=C(N)N)C[C@H](N)C(O[C@H]3OC(CN)=CC[C@H]3NCCCN)[C@@H]2O)OC[C@]1(C)O. The molecule has 37 atom stereocenters. The first kappa shape index (κ1) is 111. The number of aliphatic hydroxyl groups is 12. The number of nitrogens with two attached hydrogens (primary N) is 17. The second kappa shape index (κ2) is 49.8. The van der Waals surface area contributed by atoms with Crippen molar-refractivity contribution in [2.75, 3.05) is 86.8 Å². The van der Waals surface area contributed by atoms with Crippen LogP contribution in [0, 0.1) is 17.8 Å². The van der Waals surface area contributed by atoms with Crippen LogP contribution in [0.15, 0.2) is 60.5 Å². The summed E-state index contributed by atoms with van der Waals surface area (Å²) < 4.78 is 72.0. The second-order valence-electron chi connectivity index (χ2n) is 36.1. The highest BCUT2D eigenvalue weighted by atomic mass is 16.7. The number of nitrogens with one attached hydrogen (secondary N) is 4. The molecule has 7 fully saturated rings. The summed E-state index contributed by atoms with van der Waals surface area (Å²) in [5.41, 5.74) is 91.1. The van der Waals surface area contributed by atoms with Crippen LogP contribution in [0.5, 0.6) is 0 Å². The van der Waals surface area contributed by atoms with Gasteiger partial charge in [0, 0.05) is 69.7 Å². The number of rotatable bonds is 40.